The lowest BCUT2D eigenvalue weighted by atomic mass is 9.68. The van der Waals surface area contributed by atoms with E-state index in [2.05, 4.69) is 125 Å². The van der Waals surface area contributed by atoms with Crippen molar-refractivity contribution >= 4 is 21.9 Å². The van der Waals surface area contributed by atoms with Crippen LogP contribution in [0.5, 0.6) is 0 Å². The summed E-state index contributed by atoms with van der Waals surface area (Å²) in [6.07, 6.45) is 10.4. The van der Waals surface area contributed by atoms with E-state index in [1.165, 1.54) is 66.4 Å². The number of aryl methyl sites for hydroxylation is 1. The zero-order valence-corrected chi connectivity index (χ0v) is 21.5. The molecule has 37 heavy (non-hydrogen) atoms. The molecule has 0 bridgehead atoms. The lowest BCUT2D eigenvalue weighted by Gasteiger charge is -2.33. The van der Waals surface area contributed by atoms with Gasteiger partial charge in [0.25, 0.3) is 0 Å². The fourth-order valence-corrected chi connectivity index (χ4v) is 6.70. The van der Waals surface area contributed by atoms with Crippen molar-refractivity contribution in [2.75, 3.05) is 0 Å². The molecule has 0 saturated carbocycles. The molecule has 4 aromatic rings. The summed E-state index contributed by atoms with van der Waals surface area (Å²) in [7, 11) is 0. The fraction of sp³-hybridized carbons (Fsp3) is 0.0811. The summed E-state index contributed by atoms with van der Waals surface area (Å²) < 4.78 is 0. The maximum absolute atomic E-state index is 4.32. The molecule has 178 valence electrons. The minimum Gasteiger partial charge on any atom is -0.0987 e. The molecule has 2 aliphatic carbocycles. The summed E-state index contributed by atoms with van der Waals surface area (Å²) in [6.45, 7) is 17.1. The van der Waals surface area contributed by atoms with Crippen molar-refractivity contribution in [2.45, 2.75) is 19.3 Å². The van der Waals surface area contributed by atoms with Gasteiger partial charge in [0, 0.05) is 0 Å². The molecule has 0 aromatic heterocycles. The average molecular weight is 475 g/mol. The Morgan fingerprint density at radius 1 is 0.676 bits per heavy atom. The highest BCUT2D eigenvalue weighted by molar-refractivity contribution is 6.02. The van der Waals surface area contributed by atoms with Crippen LogP contribution in [0.2, 0.25) is 0 Å². The lowest BCUT2D eigenvalue weighted by molar-refractivity contribution is 0.779. The number of rotatable bonds is 5. The quantitative estimate of drug-likeness (QED) is 0.270. The van der Waals surface area contributed by atoms with Gasteiger partial charge in [-0.15, -0.1) is 0 Å². The van der Waals surface area contributed by atoms with Crippen LogP contribution in [0, 0.1) is 6.92 Å². The minimum absolute atomic E-state index is 0.471. The fourth-order valence-electron chi connectivity index (χ4n) is 6.70. The molecule has 1 atom stereocenters. The van der Waals surface area contributed by atoms with Crippen LogP contribution < -0.4 is 0 Å². The van der Waals surface area contributed by atoms with Gasteiger partial charge in [-0.25, -0.2) is 0 Å². The largest absolute Gasteiger partial charge is 0.0987 e. The van der Waals surface area contributed by atoms with Gasteiger partial charge in [0.15, 0.2) is 0 Å². The Morgan fingerprint density at radius 2 is 1.38 bits per heavy atom. The molecule has 4 aromatic carbocycles. The first-order valence-electron chi connectivity index (χ1n) is 12.8. The minimum atomic E-state index is -0.471. The summed E-state index contributed by atoms with van der Waals surface area (Å²) in [6, 6.07) is 28.8. The third kappa shape index (κ3) is 2.96. The SMILES string of the molecule is C=CC1=C(C=C)C2(C(/C=C\C)=C(C=C)c3ccccc32)c2cc(-c3c(C)ccc4ccccc34)ccc21. The van der Waals surface area contributed by atoms with Gasteiger partial charge in [-0.3, -0.25) is 0 Å². The van der Waals surface area contributed by atoms with Crippen LogP contribution in [0.25, 0.3) is 33.0 Å². The molecular weight excluding hydrogens is 444 g/mol. The summed E-state index contributed by atoms with van der Waals surface area (Å²) in [5.41, 5.74) is 13.1. The zero-order valence-electron chi connectivity index (χ0n) is 21.5. The van der Waals surface area contributed by atoms with E-state index < -0.39 is 5.41 Å². The number of allylic oxidation sites excluding steroid dienone is 9. The standard InChI is InChI=1S/C37H30/c1-6-14-33-28(8-3)30-17-12-13-18-34(30)37(33)32(9-4)27(7-2)31-22-21-26(23-35(31)37)36-24(5)19-20-25-15-10-11-16-29(25)36/h6-23H,2-4H2,1,5H3/b14-6-. The molecule has 0 heterocycles. The summed E-state index contributed by atoms with van der Waals surface area (Å²) in [4.78, 5) is 0. The van der Waals surface area contributed by atoms with Crippen LogP contribution in [-0.4, -0.2) is 0 Å². The molecule has 0 aliphatic heterocycles. The van der Waals surface area contributed by atoms with Gasteiger partial charge in [0.1, 0.15) is 0 Å². The Morgan fingerprint density at radius 3 is 2.14 bits per heavy atom. The zero-order chi connectivity index (χ0) is 25.7. The molecule has 1 unspecified atom stereocenters. The van der Waals surface area contributed by atoms with Crippen LogP contribution in [-0.2, 0) is 5.41 Å². The normalized spacial score (nSPS) is 18.1. The van der Waals surface area contributed by atoms with Crippen molar-refractivity contribution in [2.24, 2.45) is 0 Å². The molecule has 0 N–H and O–H groups in total. The Bertz CT molecular complexity index is 1730. The van der Waals surface area contributed by atoms with E-state index in [1.54, 1.807) is 0 Å². The van der Waals surface area contributed by atoms with E-state index >= 15 is 0 Å². The Labute approximate surface area is 220 Å². The molecular formula is C37H30. The lowest BCUT2D eigenvalue weighted by Crippen LogP contribution is -2.27. The summed E-state index contributed by atoms with van der Waals surface area (Å²) in [5, 5.41) is 2.53. The highest BCUT2D eigenvalue weighted by Crippen LogP contribution is 2.62. The van der Waals surface area contributed by atoms with Crippen molar-refractivity contribution < 1.29 is 0 Å². The van der Waals surface area contributed by atoms with Gasteiger partial charge in [0.05, 0.1) is 5.41 Å². The smallest absolute Gasteiger partial charge is 0.0725 e. The van der Waals surface area contributed by atoms with Crippen molar-refractivity contribution in [3.8, 4) is 11.1 Å². The van der Waals surface area contributed by atoms with Gasteiger partial charge in [-0.05, 0) is 91.9 Å². The maximum atomic E-state index is 4.32. The van der Waals surface area contributed by atoms with Crippen LogP contribution in [0.15, 0.2) is 140 Å². The topological polar surface area (TPSA) is 0 Å². The first-order chi connectivity index (χ1) is 18.1. The molecule has 6 rings (SSSR count). The number of benzene rings is 4. The molecule has 0 fully saturated rings. The molecule has 0 nitrogen and oxygen atoms in total. The Hall–Kier alpha value is -4.42. The highest BCUT2D eigenvalue weighted by Gasteiger charge is 2.51. The molecule has 0 amide bonds. The van der Waals surface area contributed by atoms with Gasteiger partial charge < -0.3 is 0 Å². The van der Waals surface area contributed by atoms with Crippen molar-refractivity contribution in [1.29, 1.82) is 0 Å². The van der Waals surface area contributed by atoms with Gasteiger partial charge in [-0.1, -0.05) is 123 Å². The van der Waals surface area contributed by atoms with Crippen molar-refractivity contribution in [1.82, 2.24) is 0 Å². The first kappa shape index (κ1) is 23.0. The van der Waals surface area contributed by atoms with E-state index in [0.29, 0.717) is 0 Å². The van der Waals surface area contributed by atoms with Gasteiger partial charge in [-0.2, -0.15) is 0 Å². The predicted molar refractivity (Wildman–Crippen MR) is 161 cm³/mol. The molecule has 1 spiro atoms. The Balaban J connectivity index is 1.76. The first-order valence-corrected chi connectivity index (χ1v) is 12.8. The van der Waals surface area contributed by atoms with E-state index in [4.69, 9.17) is 0 Å². The van der Waals surface area contributed by atoms with Crippen LogP contribution in [0.3, 0.4) is 0 Å². The number of hydrogen-bond donors (Lipinski definition) is 0. The van der Waals surface area contributed by atoms with Crippen molar-refractivity contribution in [3.63, 3.8) is 0 Å². The number of fused-ring (bicyclic) bond motifs is 5. The maximum Gasteiger partial charge on any atom is 0.0725 e. The highest BCUT2D eigenvalue weighted by atomic mass is 14.5. The summed E-state index contributed by atoms with van der Waals surface area (Å²) in [5.74, 6) is 0. The van der Waals surface area contributed by atoms with E-state index in [-0.39, 0.29) is 0 Å². The third-order valence-corrected chi connectivity index (χ3v) is 8.10. The molecule has 0 radical (unpaired) electrons. The van der Waals surface area contributed by atoms with E-state index in [9.17, 15) is 0 Å². The second-order valence-corrected chi connectivity index (χ2v) is 9.80. The third-order valence-electron chi connectivity index (χ3n) is 8.10. The molecule has 0 heteroatoms. The van der Waals surface area contributed by atoms with Crippen LogP contribution in [0.4, 0.5) is 0 Å². The van der Waals surface area contributed by atoms with Crippen LogP contribution >= 0.6 is 0 Å². The summed E-state index contributed by atoms with van der Waals surface area (Å²) >= 11 is 0. The van der Waals surface area contributed by atoms with Crippen molar-refractivity contribution in [3.05, 3.63) is 168 Å². The molecule has 0 saturated heterocycles. The van der Waals surface area contributed by atoms with Gasteiger partial charge in [0.2, 0.25) is 0 Å². The second kappa shape index (κ2) is 8.61. The van der Waals surface area contributed by atoms with E-state index in [1.807, 2.05) is 18.2 Å². The Kier molecular flexibility index (Phi) is 5.35. The average Bonchev–Trinajstić information content (AvgIpc) is 3.38. The monoisotopic (exact) mass is 474 g/mol. The number of hydrogen-bond acceptors (Lipinski definition) is 0. The molecule has 2 aliphatic rings. The predicted octanol–water partition coefficient (Wildman–Crippen LogP) is 9.77. The van der Waals surface area contributed by atoms with Crippen LogP contribution in [0.1, 0.15) is 34.7 Å². The van der Waals surface area contributed by atoms with Gasteiger partial charge >= 0.3 is 0 Å². The van der Waals surface area contributed by atoms with E-state index in [0.717, 1.165) is 5.57 Å². The second-order valence-electron chi connectivity index (χ2n) is 9.80.